The number of carboxylic acids is 1. The highest BCUT2D eigenvalue weighted by atomic mass is 16.7. The first kappa shape index (κ1) is 13.7. The average molecular weight is 275 g/mol. The summed E-state index contributed by atoms with van der Waals surface area (Å²) in [4.78, 5) is 10.9. The van der Waals surface area contributed by atoms with Gasteiger partial charge in [-0.2, -0.15) is 0 Å². The summed E-state index contributed by atoms with van der Waals surface area (Å²) >= 11 is 0. The van der Waals surface area contributed by atoms with E-state index in [2.05, 4.69) is 5.16 Å². The molecule has 9 nitrogen and oxygen atoms in total. The van der Waals surface area contributed by atoms with Gasteiger partial charge in [0.1, 0.15) is 24.1 Å². The van der Waals surface area contributed by atoms with Crippen molar-refractivity contribution >= 4 is 5.97 Å². The standard InChI is InChI=1S/C10H13NO8/c1-3-2-4(11-19-3)17-10-7(14)5(12)6(13)8(18-10)9(15)16/h2,5-8,10,12-14H,1H3,(H,15,16)/t5-,6-,7+,8-,10+/m0/s1. The van der Waals surface area contributed by atoms with E-state index in [0.29, 0.717) is 5.76 Å². The number of aromatic nitrogens is 1. The second-order valence-corrected chi connectivity index (χ2v) is 4.13. The lowest BCUT2D eigenvalue weighted by Crippen LogP contribution is -2.61. The molecule has 0 aromatic carbocycles. The summed E-state index contributed by atoms with van der Waals surface area (Å²) in [5.74, 6) is -1.08. The Hall–Kier alpha value is -1.68. The normalized spacial score (nSPS) is 35.1. The minimum absolute atomic E-state index is 0.0331. The van der Waals surface area contributed by atoms with Crippen LogP contribution in [0.15, 0.2) is 10.6 Å². The molecule has 0 radical (unpaired) electrons. The number of aryl methyl sites for hydroxylation is 1. The lowest BCUT2D eigenvalue weighted by Gasteiger charge is -2.37. The molecular formula is C10H13NO8. The van der Waals surface area contributed by atoms with E-state index in [1.807, 2.05) is 0 Å². The van der Waals surface area contributed by atoms with Gasteiger partial charge in [0.25, 0.3) is 5.88 Å². The maximum atomic E-state index is 10.9. The van der Waals surface area contributed by atoms with Crippen LogP contribution in [-0.2, 0) is 9.53 Å². The highest BCUT2D eigenvalue weighted by Crippen LogP contribution is 2.24. The van der Waals surface area contributed by atoms with Crippen molar-refractivity contribution in [2.45, 2.75) is 37.6 Å². The molecule has 4 N–H and O–H groups in total. The predicted octanol–water partition coefficient (Wildman–Crippen LogP) is -1.75. The van der Waals surface area contributed by atoms with Gasteiger partial charge in [-0.1, -0.05) is 0 Å². The summed E-state index contributed by atoms with van der Waals surface area (Å²) in [6, 6.07) is 1.39. The summed E-state index contributed by atoms with van der Waals surface area (Å²) in [7, 11) is 0. The van der Waals surface area contributed by atoms with E-state index in [0.717, 1.165) is 0 Å². The van der Waals surface area contributed by atoms with Gasteiger partial charge in [-0.05, 0) is 12.1 Å². The minimum atomic E-state index is -1.76. The second kappa shape index (κ2) is 5.13. The van der Waals surface area contributed by atoms with E-state index in [-0.39, 0.29) is 5.88 Å². The van der Waals surface area contributed by atoms with Gasteiger partial charge in [-0.3, -0.25) is 0 Å². The zero-order valence-corrected chi connectivity index (χ0v) is 9.83. The number of rotatable bonds is 3. The number of ether oxygens (including phenoxy) is 2. The molecule has 0 aliphatic carbocycles. The first-order valence-electron chi connectivity index (χ1n) is 5.42. The molecule has 0 saturated carbocycles. The van der Waals surface area contributed by atoms with Crippen molar-refractivity contribution in [1.29, 1.82) is 0 Å². The second-order valence-electron chi connectivity index (χ2n) is 4.13. The van der Waals surface area contributed by atoms with Crippen molar-refractivity contribution in [2.24, 2.45) is 0 Å². The van der Waals surface area contributed by atoms with Gasteiger partial charge < -0.3 is 34.4 Å². The summed E-state index contributed by atoms with van der Waals surface area (Å²) in [5.41, 5.74) is 0. The number of carbonyl (C=O) groups is 1. The number of hydrogen-bond acceptors (Lipinski definition) is 8. The van der Waals surface area contributed by atoms with E-state index in [9.17, 15) is 20.1 Å². The summed E-state index contributed by atoms with van der Waals surface area (Å²) < 4.78 is 14.7. The van der Waals surface area contributed by atoms with Crippen LogP contribution >= 0.6 is 0 Å². The third-order valence-electron chi connectivity index (χ3n) is 2.66. The number of hydrogen-bond donors (Lipinski definition) is 4. The SMILES string of the molecule is Cc1cc(O[C@@H]2O[C@H](C(=O)O)[C@@H](O)[C@H](O)[C@H]2O)no1. The largest absolute Gasteiger partial charge is 0.479 e. The third kappa shape index (κ3) is 2.68. The fraction of sp³-hybridized carbons (Fsp3) is 0.600. The molecule has 2 rings (SSSR count). The highest BCUT2D eigenvalue weighted by molar-refractivity contribution is 5.73. The first-order chi connectivity index (χ1) is 8.90. The van der Waals surface area contributed by atoms with Crippen molar-refractivity contribution in [1.82, 2.24) is 5.16 Å². The summed E-state index contributed by atoms with van der Waals surface area (Å²) in [6.07, 6.45) is -8.29. The van der Waals surface area contributed by atoms with E-state index in [1.54, 1.807) is 6.92 Å². The fourth-order valence-corrected chi connectivity index (χ4v) is 1.67. The number of nitrogens with zero attached hydrogens (tertiary/aromatic N) is 1. The molecule has 1 aliphatic rings. The zero-order chi connectivity index (χ0) is 14.2. The topological polar surface area (TPSA) is 142 Å². The first-order valence-corrected chi connectivity index (χ1v) is 5.42. The number of aliphatic carboxylic acids is 1. The van der Waals surface area contributed by atoms with Crippen molar-refractivity contribution in [3.8, 4) is 5.88 Å². The van der Waals surface area contributed by atoms with Crippen LogP contribution in [0.5, 0.6) is 5.88 Å². The van der Waals surface area contributed by atoms with Crippen LogP contribution in [0.3, 0.4) is 0 Å². The van der Waals surface area contributed by atoms with Crippen molar-refractivity contribution in [2.75, 3.05) is 0 Å². The minimum Gasteiger partial charge on any atom is -0.479 e. The predicted molar refractivity (Wildman–Crippen MR) is 56.2 cm³/mol. The van der Waals surface area contributed by atoms with Crippen LogP contribution in [0.2, 0.25) is 0 Å². The highest BCUT2D eigenvalue weighted by Gasteiger charge is 2.48. The zero-order valence-electron chi connectivity index (χ0n) is 9.83. The number of aliphatic hydroxyl groups is 3. The molecule has 106 valence electrons. The third-order valence-corrected chi connectivity index (χ3v) is 2.66. The number of aliphatic hydroxyl groups excluding tert-OH is 3. The monoisotopic (exact) mass is 275 g/mol. The van der Waals surface area contributed by atoms with E-state index in [1.165, 1.54) is 6.07 Å². The van der Waals surface area contributed by atoms with Gasteiger partial charge in [0.15, 0.2) is 6.10 Å². The Bertz CT molecular complexity index is 460. The molecule has 1 aromatic heterocycles. The Morgan fingerprint density at radius 1 is 1.32 bits per heavy atom. The van der Waals surface area contributed by atoms with Crippen molar-refractivity contribution in [3.63, 3.8) is 0 Å². The van der Waals surface area contributed by atoms with Gasteiger partial charge in [0.05, 0.1) is 0 Å². The van der Waals surface area contributed by atoms with Crippen LogP contribution in [0.4, 0.5) is 0 Å². The van der Waals surface area contributed by atoms with Crippen LogP contribution < -0.4 is 4.74 Å². The Labute approximate surface area is 107 Å². The molecule has 1 aromatic rings. The maximum Gasteiger partial charge on any atom is 0.335 e. The molecule has 9 heteroatoms. The molecule has 1 saturated heterocycles. The van der Waals surface area contributed by atoms with Gasteiger partial charge in [-0.15, -0.1) is 0 Å². The Morgan fingerprint density at radius 3 is 2.53 bits per heavy atom. The lowest BCUT2D eigenvalue weighted by atomic mass is 9.99. The lowest BCUT2D eigenvalue weighted by molar-refractivity contribution is -0.272. The van der Waals surface area contributed by atoms with Gasteiger partial charge in [0.2, 0.25) is 6.29 Å². The van der Waals surface area contributed by atoms with Crippen molar-refractivity contribution < 1.29 is 39.2 Å². The molecule has 0 spiro atoms. The quantitative estimate of drug-likeness (QED) is 0.505. The average Bonchev–Trinajstić information content (AvgIpc) is 2.75. The fourth-order valence-electron chi connectivity index (χ4n) is 1.67. The maximum absolute atomic E-state index is 10.9. The smallest absolute Gasteiger partial charge is 0.335 e. The van der Waals surface area contributed by atoms with Crippen LogP contribution in [-0.4, -0.2) is 62.3 Å². The molecule has 1 fully saturated rings. The molecular weight excluding hydrogens is 262 g/mol. The van der Waals surface area contributed by atoms with Crippen LogP contribution in [0.1, 0.15) is 5.76 Å². The molecule has 19 heavy (non-hydrogen) atoms. The van der Waals surface area contributed by atoms with Gasteiger partial charge in [-0.25, -0.2) is 4.79 Å². The number of carboxylic acid groups (broad SMARTS) is 1. The summed E-state index contributed by atoms with van der Waals surface area (Å²) in [6.45, 7) is 1.61. The molecule has 0 amide bonds. The molecule has 2 heterocycles. The molecule has 1 aliphatic heterocycles. The molecule has 0 bridgehead atoms. The van der Waals surface area contributed by atoms with Crippen molar-refractivity contribution in [3.05, 3.63) is 11.8 Å². The summed E-state index contributed by atoms with van der Waals surface area (Å²) in [5, 5.41) is 41.0. The Morgan fingerprint density at radius 2 is 2.00 bits per heavy atom. The van der Waals surface area contributed by atoms with Gasteiger partial charge >= 0.3 is 5.97 Å². The van der Waals surface area contributed by atoms with E-state index in [4.69, 9.17) is 19.1 Å². The van der Waals surface area contributed by atoms with Gasteiger partial charge in [0, 0.05) is 6.07 Å². The van der Waals surface area contributed by atoms with E-state index >= 15 is 0 Å². The van der Waals surface area contributed by atoms with E-state index < -0.39 is 36.7 Å². The Balaban J connectivity index is 2.13. The van der Waals surface area contributed by atoms with Crippen LogP contribution in [0, 0.1) is 6.92 Å². The molecule has 5 atom stereocenters. The Kier molecular flexibility index (Phi) is 3.71. The molecule has 0 unspecified atom stereocenters. The van der Waals surface area contributed by atoms with Crippen LogP contribution in [0.25, 0.3) is 0 Å².